The standard InChI is InChI=1S/C59H60N16O10S2/c1-32-29-34(3)52(64-56-66-54(68-58(70-56)72(7)8)62-42-19-23-44(24-20-42)74(76)77)36(5)50(32)60-40-15-11-38(12-16-40)49(47-28-27-46(86(80,81)82)31-48(47)87(83,84)85)39-13-17-41(18-14-39)61-51-33(2)30-35(4)53(37(51)6)65-57-67-55(69-59(71-57)73(9)10)63-43-21-25-45(26-22-43)75(78)79/h11-31,49,60-61H,1-10H3,(H,80,81,82)(H,83,84,85)(H2,62,64,66,68,70)(H2,63,65,67,69,71). The van der Waals surface area contributed by atoms with E-state index in [1.54, 1.807) is 111 Å². The van der Waals surface area contributed by atoms with Crippen LogP contribution in [0.1, 0.15) is 56.0 Å². The van der Waals surface area contributed by atoms with Crippen LogP contribution in [0, 0.1) is 61.8 Å². The van der Waals surface area contributed by atoms with Crippen LogP contribution in [0.4, 0.5) is 92.6 Å². The van der Waals surface area contributed by atoms with Crippen LogP contribution >= 0.6 is 0 Å². The lowest BCUT2D eigenvalue weighted by Crippen LogP contribution is -2.16. The van der Waals surface area contributed by atoms with Gasteiger partial charge in [0, 0.05) is 104 Å². The van der Waals surface area contributed by atoms with E-state index in [1.807, 2.05) is 53.7 Å². The topological polar surface area (TPSA) is 351 Å². The normalized spacial score (nSPS) is 11.5. The van der Waals surface area contributed by atoms with Crippen LogP contribution in [0.3, 0.4) is 0 Å². The van der Waals surface area contributed by atoms with Gasteiger partial charge in [-0.25, -0.2) is 0 Å². The van der Waals surface area contributed by atoms with Crippen molar-refractivity contribution in [1.29, 1.82) is 0 Å². The minimum Gasteiger partial charge on any atom is -0.355 e. The number of nitro benzene ring substituents is 2. The molecule has 8 N–H and O–H groups in total. The number of aryl methyl sites for hydroxylation is 4. The molecular weight excluding hydrogens is 1160 g/mol. The fourth-order valence-electron chi connectivity index (χ4n) is 9.80. The zero-order valence-electron chi connectivity index (χ0n) is 48.7. The predicted octanol–water partition coefficient (Wildman–Crippen LogP) is 12.0. The molecule has 0 aliphatic rings. The molecule has 0 aliphatic carbocycles. The van der Waals surface area contributed by atoms with E-state index >= 15 is 0 Å². The van der Waals surface area contributed by atoms with Crippen molar-refractivity contribution in [3.63, 3.8) is 0 Å². The summed E-state index contributed by atoms with van der Waals surface area (Å²) >= 11 is 0. The van der Waals surface area contributed by atoms with Gasteiger partial charge in [-0.15, -0.1) is 0 Å². The summed E-state index contributed by atoms with van der Waals surface area (Å²) in [6.45, 7) is 11.7. The molecule has 0 aliphatic heterocycles. The second-order valence-electron chi connectivity index (χ2n) is 20.8. The summed E-state index contributed by atoms with van der Waals surface area (Å²) in [6, 6.07) is 33.1. The van der Waals surface area contributed by atoms with Gasteiger partial charge in [-0.2, -0.15) is 46.7 Å². The molecular formula is C59H60N16O10S2. The molecule has 0 saturated heterocycles. The summed E-state index contributed by atoms with van der Waals surface area (Å²) in [6.07, 6.45) is 0. The predicted molar refractivity (Wildman–Crippen MR) is 335 cm³/mol. The quantitative estimate of drug-likeness (QED) is 0.0143. The van der Waals surface area contributed by atoms with Crippen molar-refractivity contribution < 1.29 is 35.8 Å². The molecule has 7 aromatic carbocycles. The summed E-state index contributed by atoms with van der Waals surface area (Å²) < 4.78 is 71.7. The van der Waals surface area contributed by atoms with E-state index in [0.29, 0.717) is 57.1 Å². The minimum atomic E-state index is -5.10. The highest BCUT2D eigenvalue weighted by atomic mass is 32.2. The number of rotatable bonds is 21. The maximum absolute atomic E-state index is 13.2. The van der Waals surface area contributed by atoms with E-state index in [9.17, 15) is 46.2 Å². The van der Waals surface area contributed by atoms with E-state index in [0.717, 1.165) is 56.9 Å². The molecule has 9 aromatic rings. The largest absolute Gasteiger partial charge is 0.355 e. The van der Waals surface area contributed by atoms with E-state index in [2.05, 4.69) is 61.8 Å². The van der Waals surface area contributed by atoms with E-state index in [4.69, 9.17) is 0 Å². The van der Waals surface area contributed by atoms with Gasteiger partial charge < -0.3 is 41.7 Å². The van der Waals surface area contributed by atoms with Gasteiger partial charge in [0.2, 0.25) is 35.7 Å². The number of anilines is 14. The summed E-state index contributed by atoms with van der Waals surface area (Å²) in [7, 11) is -2.87. The second-order valence-corrected chi connectivity index (χ2v) is 23.6. The second kappa shape index (κ2) is 24.7. The molecule has 448 valence electrons. The van der Waals surface area contributed by atoms with Gasteiger partial charge in [0.15, 0.2) is 0 Å². The number of nitrogens with zero attached hydrogens (tertiary/aromatic N) is 10. The lowest BCUT2D eigenvalue weighted by Gasteiger charge is -2.23. The number of nitrogens with one attached hydrogen (secondary N) is 6. The fourth-order valence-corrected chi connectivity index (χ4v) is 11.1. The monoisotopic (exact) mass is 1220 g/mol. The Labute approximate surface area is 501 Å². The number of nitro groups is 2. The van der Waals surface area contributed by atoms with Crippen LogP contribution in [0.15, 0.2) is 137 Å². The van der Waals surface area contributed by atoms with Gasteiger partial charge >= 0.3 is 0 Å². The van der Waals surface area contributed by atoms with Crippen LogP contribution in [-0.4, -0.2) is 93.9 Å². The molecule has 26 nitrogen and oxygen atoms in total. The maximum atomic E-state index is 13.2. The highest BCUT2D eigenvalue weighted by Crippen LogP contribution is 2.41. The highest BCUT2D eigenvalue weighted by molar-refractivity contribution is 7.86. The third kappa shape index (κ3) is 14.1. The van der Waals surface area contributed by atoms with Crippen LogP contribution in [0.2, 0.25) is 0 Å². The zero-order chi connectivity index (χ0) is 62.8. The fraction of sp³-hybridized carbons (Fsp3) is 0.186. The Bertz CT molecular complexity index is 4140. The average Bonchev–Trinajstić information content (AvgIpc) is 0.958. The van der Waals surface area contributed by atoms with Crippen molar-refractivity contribution in [2.75, 3.05) is 69.9 Å². The molecule has 0 atom stereocenters. The Morgan fingerprint density at radius 2 is 0.747 bits per heavy atom. The molecule has 0 bridgehead atoms. The van der Waals surface area contributed by atoms with Crippen LogP contribution in [-0.2, 0) is 20.2 Å². The van der Waals surface area contributed by atoms with Gasteiger partial charge in [-0.3, -0.25) is 29.3 Å². The van der Waals surface area contributed by atoms with Gasteiger partial charge in [-0.1, -0.05) is 42.5 Å². The molecule has 2 heterocycles. The molecule has 0 amide bonds. The Morgan fingerprint density at radius 3 is 1.07 bits per heavy atom. The van der Waals surface area contributed by atoms with Gasteiger partial charge in [-0.05, 0) is 152 Å². The van der Waals surface area contributed by atoms with Crippen molar-refractivity contribution >= 4 is 113 Å². The average molecular weight is 1220 g/mol. The molecule has 9 rings (SSSR count). The minimum absolute atomic E-state index is 0.0249. The lowest BCUT2D eigenvalue weighted by molar-refractivity contribution is -0.385. The first-order valence-corrected chi connectivity index (χ1v) is 29.5. The lowest BCUT2D eigenvalue weighted by atomic mass is 9.85. The SMILES string of the molecule is Cc1cc(C)c(Nc2nc(Nc3ccc([N+](=O)[O-])cc3)nc(N(C)C)n2)c(C)c1Nc1ccc(C(c2ccc(Nc3c(C)cc(C)c(Nc4nc(Nc5ccc([N+](=O)[O-])cc5)nc(N(C)C)n4)c3C)cc2)c2ccc(S(=O)(=O)O)cc2S(=O)(=O)O)cc1. The van der Waals surface area contributed by atoms with Gasteiger partial charge in [0.25, 0.3) is 31.6 Å². The molecule has 87 heavy (non-hydrogen) atoms. The number of hydrogen-bond donors (Lipinski definition) is 8. The van der Waals surface area contributed by atoms with E-state index < -0.39 is 45.8 Å². The summed E-state index contributed by atoms with van der Waals surface area (Å²) in [5, 5.41) is 42.5. The number of hydrogen-bond acceptors (Lipinski definition) is 22. The van der Waals surface area contributed by atoms with Crippen LogP contribution < -0.4 is 41.7 Å². The number of non-ortho nitro benzene ring substituents is 2. The van der Waals surface area contributed by atoms with Crippen molar-refractivity contribution in [1.82, 2.24) is 29.9 Å². The molecule has 0 saturated carbocycles. The molecule has 0 radical (unpaired) electrons. The van der Waals surface area contributed by atoms with Gasteiger partial charge in [0.1, 0.15) is 0 Å². The van der Waals surface area contributed by atoms with Gasteiger partial charge in [0.05, 0.1) is 19.6 Å². The molecule has 2 aromatic heterocycles. The van der Waals surface area contributed by atoms with E-state index in [-0.39, 0.29) is 40.7 Å². The Morgan fingerprint density at radius 1 is 0.425 bits per heavy atom. The molecule has 0 spiro atoms. The third-order valence-corrected chi connectivity index (χ3v) is 15.8. The van der Waals surface area contributed by atoms with E-state index in [1.165, 1.54) is 30.3 Å². The van der Waals surface area contributed by atoms with Crippen molar-refractivity contribution in [2.24, 2.45) is 0 Å². The maximum Gasteiger partial charge on any atom is 0.294 e. The van der Waals surface area contributed by atoms with Crippen LogP contribution in [0.5, 0.6) is 0 Å². The third-order valence-electron chi connectivity index (χ3n) is 14.0. The first kappa shape index (κ1) is 61.1. The number of aromatic nitrogens is 6. The Balaban J connectivity index is 1.02. The summed E-state index contributed by atoms with van der Waals surface area (Å²) in [5.41, 5.74) is 11.5. The zero-order valence-corrected chi connectivity index (χ0v) is 50.3. The first-order valence-electron chi connectivity index (χ1n) is 26.6. The van der Waals surface area contributed by atoms with Crippen molar-refractivity contribution in [3.8, 4) is 0 Å². The van der Waals surface area contributed by atoms with Crippen molar-refractivity contribution in [3.05, 3.63) is 198 Å². The molecule has 28 heteroatoms. The Hall–Kier alpha value is -10.4. The van der Waals surface area contributed by atoms with Crippen molar-refractivity contribution in [2.45, 2.75) is 57.3 Å². The van der Waals surface area contributed by atoms with Crippen LogP contribution in [0.25, 0.3) is 0 Å². The summed E-state index contributed by atoms with van der Waals surface area (Å²) in [4.78, 5) is 51.1. The first-order chi connectivity index (χ1) is 41.1. The smallest absolute Gasteiger partial charge is 0.294 e. The summed E-state index contributed by atoms with van der Waals surface area (Å²) in [5.74, 6) is 0.570. The highest BCUT2D eigenvalue weighted by Gasteiger charge is 2.28. The Kier molecular flexibility index (Phi) is 17.3. The molecule has 0 unspecified atom stereocenters. The molecule has 0 fully saturated rings. The number of benzene rings is 7.